The van der Waals surface area contributed by atoms with Gasteiger partial charge in [0.15, 0.2) is 5.65 Å². The lowest BCUT2D eigenvalue weighted by atomic mass is 10.0. The number of rotatable bonds is 2. The first-order chi connectivity index (χ1) is 19.3. The van der Waals surface area contributed by atoms with E-state index in [1.807, 2.05) is 12.1 Å². The number of nitrogens with zero attached hydrogens (tertiary/aromatic N) is 6. The summed E-state index contributed by atoms with van der Waals surface area (Å²) < 4.78 is 2.15. The molecule has 6 nitrogen and oxygen atoms in total. The fourth-order valence-corrected chi connectivity index (χ4v) is 5.53. The highest BCUT2D eigenvalue weighted by molar-refractivity contribution is 6.20. The van der Waals surface area contributed by atoms with Crippen LogP contribution in [0.25, 0.3) is 71.7 Å². The third kappa shape index (κ3) is 3.20. The van der Waals surface area contributed by atoms with Crippen LogP contribution in [0.2, 0.25) is 0 Å². The summed E-state index contributed by atoms with van der Waals surface area (Å²) in [6.45, 7) is 0. The van der Waals surface area contributed by atoms with E-state index in [0.29, 0.717) is 28.4 Å². The Morgan fingerprint density at radius 3 is 2.21 bits per heavy atom. The fourth-order valence-electron chi connectivity index (χ4n) is 5.53. The summed E-state index contributed by atoms with van der Waals surface area (Å²) in [5, 5.41) is 16.2. The quantitative estimate of drug-likeness (QED) is 0.249. The predicted molar refractivity (Wildman–Crippen MR) is 155 cm³/mol. The zero-order valence-corrected chi connectivity index (χ0v) is 20.6. The Morgan fingerprint density at radius 2 is 1.38 bits per heavy atom. The first-order valence-electron chi connectivity index (χ1n) is 12.6. The first-order valence-corrected chi connectivity index (χ1v) is 12.6. The van der Waals surface area contributed by atoms with Crippen molar-refractivity contribution in [2.75, 3.05) is 0 Å². The highest BCUT2D eigenvalue weighted by Crippen LogP contribution is 2.38. The van der Waals surface area contributed by atoms with Crippen molar-refractivity contribution >= 4 is 54.5 Å². The molecule has 0 atom stereocenters. The summed E-state index contributed by atoms with van der Waals surface area (Å²) in [5.74, 6) is 0.522. The lowest BCUT2D eigenvalue weighted by Gasteiger charge is -2.12. The van der Waals surface area contributed by atoms with Gasteiger partial charge < -0.3 is 0 Å². The van der Waals surface area contributed by atoms with Crippen LogP contribution in [0.3, 0.4) is 0 Å². The van der Waals surface area contributed by atoms with E-state index in [-0.39, 0.29) is 0 Å². The van der Waals surface area contributed by atoms with Crippen LogP contribution in [0.4, 0.5) is 0 Å². The molecule has 0 radical (unpaired) electrons. The molecule has 0 spiro atoms. The number of hydrogen-bond donors (Lipinski definition) is 0. The second kappa shape index (κ2) is 8.17. The van der Waals surface area contributed by atoms with Gasteiger partial charge in [-0.1, -0.05) is 72.8 Å². The summed E-state index contributed by atoms with van der Waals surface area (Å²) in [7, 11) is 0. The molecule has 0 N–H and O–H groups in total. The van der Waals surface area contributed by atoms with Crippen molar-refractivity contribution in [1.82, 2.24) is 24.5 Å². The summed E-state index contributed by atoms with van der Waals surface area (Å²) in [5.41, 5.74) is 5.30. The van der Waals surface area contributed by atoms with Gasteiger partial charge in [0.25, 0.3) is 0 Å². The van der Waals surface area contributed by atoms with Gasteiger partial charge in [0, 0.05) is 34.1 Å². The lowest BCUT2D eigenvalue weighted by molar-refractivity contribution is 1.00. The van der Waals surface area contributed by atoms with E-state index in [1.165, 1.54) is 5.39 Å². The molecule has 39 heavy (non-hydrogen) atoms. The Labute approximate surface area is 222 Å². The van der Waals surface area contributed by atoms with Gasteiger partial charge in [-0.2, -0.15) is 10.2 Å². The molecule has 3 aromatic heterocycles. The van der Waals surface area contributed by atoms with Crippen molar-refractivity contribution in [2.45, 2.75) is 0 Å². The number of benzene rings is 5. The minimum atomic E-state index is 0.512. The average Bonchev–Trinajstić information content (AvgIpc) is 3.33. The lowest BCUT2D eigenvalue weighted by Crippen LogP contribution is -2.05. The Balaban J connectivity index is 1.55. The molecule has 8 aromatic rings. The van der Waals surface area contributed by atoms with E-state index in [1.54, 1.807) is 24.5 Å². The van der Waals surface area contributed by atoms with Gasteiger partial charge in [-0.3, -0.25) is 4.57 Å². The fraction of sp³-hybridized carbons (Fsp3) is 0. The number of nitriles is 1. The van der Waals surface area contributed by atoms with E-state index in [9.17, 15) is 5.26 Å². The van der Waals surface area contributed by atoms with Gasteiger partial charge in [-0.15, -0.1) is 0 Å². The topological polar surface area (TPSA) is 80.3 Å². The number of hydrogen-bond acceptors (Lipinski definition) is 5. The van der Waals surface area contributed by atoms with Crippen molar-refractivity contribution in [2.24, 2.45) is 0 Å². The number of aromatic nitrogens is 5. The van der Waals surface area contributed by atoms with Crippen LogP contribution >= 0.6 is 0 Å². The highest BCUT2D eigenvalue weighted by Gasteiger charge is 2.20. The Hall–Kier alpha value is -5.67. The van der Waals surface area contributed by atoms with Crippen LogP contribution < -0.4 is 0 Å². The van der Waals surface area contributed by atoms with Crippen LogP contribution in [0, 0.1) is 11.3 Å². The van der Waals surface area contributed by atoms with Crippen molar-refractivity contribution in [3.05, 3.63) is 115 Å². The Kier molecular flexibility index (Phi) is 4.49. The first kappa shape index (κ1) is 21.4. The Morgan fingerprint density at radius 1 is 0.641 bits per heavy atom. The summed E-state index contributed by atoms with van der Waals surface area (Å²) in [4.78, 5) is 19.2. The van der Waals surface area contributed by atoms with Crippen LogP contribution in [0.5, 0.6) is 0 Å². The van der Waals surface area contributed by atoms with Crippen LogP contribution in [0.1, 0.15) is 5.56 Å². The summed E-state index contributed by atoms with van der Waals surface area (Å²) >= 11 is 0. The predicted octanol–water partition coefficient (Wildman–Crippen LogP) is 7.36. The average molecular weight is 499 g/mol. The SMILES string of the molecule is N#Cc1ccc(-c2nc(-n3c4cc5ccccc5cc4c4ccc5ccccc5c43)nc3nccnc23)cc1. The van der Waals surface area contributed by atoms with Gasteiger partial charge in [0.2, 0.25) is 5.95 Å². The maximum absolute atomic E-state index is 9.30. The van der Waals surface area contributed by atoms with E-state index in [0.717, 1.165) is 43.5 Å². The molecule has 0 saturated heterocycles. The van der Waals surface area contributed by atoms with Crippen LogP contribution in [0.15, 0.2) is 109 Å². The van der Waals surface area contributed by atoms with Gasteiger partial charge in [-0.25, -0.2) is 15.0 Å². The molecular weight excluding hydrogens is 480 g/mol. The second-order valence-electron chi connectivity index (χ2n) is 9.52. The van der Waals surface area contributed by atoms with Gasteiger partial charge in [-0.05, 0) is 40.4 Å². The zero-order valence-electron chi connectivity index (χ0n) is 20.6. The molecule has 180 valence electrons. The third-order valence-corrected chi connectivity index (χ3v) is 7.33. The molecule has 0 fully saturated rings. The molecule has 0 aliphatic rings. The van der Waals surface area contributed by atoms with Crippen molar-refractivity contribution < 1.29 is 0 Å². The van der Waals surface area contributed by atoms with E-state index in [4.69, 9.17) is 9.97 Å². The Bertz CT molecular complexity index is 2290. The molecule has 0 amide bonds. The van der Waals surface area contributed by atoms with Crippen molar-refractivity contribution in [3.63, 3.8) is 0 Å². The van der Waals surface area contributed by atoms with E-state index >= 15 is 0 Å². The van der Waals surface area contributed by atoms with E-state index < -0.39 is 0 Å². The second-order valence-corrected chi connectivity index (χ2v) is 9.52. The summed E-state index contributed by atoms with van der Waals surface area (Å²) in [6, 6.07) is 35.2. The summed E-state index contributed by atoms with van der Waals surface area (Å²) in [6.07, 6.45) is 3.30. The molecule has 6 heteroatoms. The smallest absolute Gasteiger partial charge is 0.237 e. The standard InChI is InChI=1S/C33H18N6/c34-19-20-9-11-22(12-10-20)29-30-32(36-16-15-35-30)38-33(37-29)39-28-18-24-7-2-1-6-23(24)17-27(28)26-14-13-21-5-3-4-8-25(21)31(26)39/h1-18H. The van der Waals surface area contributed by atoms with E-state index in [2.05, 4.69) is 93.4 Å². The largest absolute Gasteiger partial charge is 0.277 e. The zero-order chi connectivity index (χ0) is 25.9. The van der Waals surface area contributed by atoms with Crippen LogP contribution in [-0.2, 0) is 0 Å². The maximum Gasteiger partial charge on any atom is 0.237 e. The molecule has 3 heterocycles. The molecular formula is C33H18N6. The molecule has 0 saturated carbocycles. The molecule has 8 rings (SSSR count). The molecule has 0 aliphatic carbocycles. The number of fused-ring (bicyclic) bond motifs is 7. The van der Waals surface area contributed by atoms with Crippen LogP contribution in [-0.4, -0.2) is 24.5 Å². The van der Waals surface area contributed by atoms with Gasteiger partial charge in [0.1, 0.15) is 11.2 Å². The van der Waals surface area contributed by atoms with Gasteiger partial charge >= 0.3 is 0 Å². The monoisotopic (exact) mass is 498 g/mol. The molecule has 5 aromatic carbocycles. The molecule has 0 bridgehead atoms. The maximum atomic E-state index is 9.30. The van der Waals surface area contributed by atoms with Crippen molar-refractivity contribution in [1.29, 1.82) is 5.26 Å². The minimum absolute atomic E-state index is 0.512. The van der Waals surface area contributed by atoms with Crippen molar-refractivity contribution in [3.8, 4) is 23.3 Å². The van der Waals surface area contributed by atoms with Gasteiger partial charge in [0.05, 0.1) is 22.7 Å². The molecule has 0 unspecified atom stereocenters. The third-order valence-electron chi connectivity index (χ3n) is 7.33. The molecule has 0 aliphatic heterocycles. The normalized spacial score (nSPS) is 11.6. The minimum Gasteiger partial charge on any atom is -0.277 e. The highest BCUT2D eigenvalue weighted by atomic mass is 15.2.